The molecule has 0 spiro atoms. The fourth-order valence-corrected chi connectivity index (χ4v) is 0.749. The molecule has 0 fully saturated rings. The van der Waals surface area contributed by atoms with Crippen LogP contribution in [0.1, 0.15) is 27.2 Å². The molecule has 0 aliphatic heterocycles. The van der Waals surface area contributed by atoms with Crippen LogP contribution in [0.3, 0.4) is 0 Å². The molecule has 1 amide bonds. The van der Waals surface area contributed by atoms with Crippen molar-refractivity contribution >= 4 is 5.91 Å². The number of hydrogen-bond acceptors (Lipinski definition) is 2. The van der Waals surface area contributed by atoms with Crippen LogP contribution in [0.2, 0.25) is 0 Å². The summed E-state index contributed by atoms with van der Waals surface area (Å²) >= 11 is 0. The number of ether oxygens (including phenoxy) is 1. The monoisotopic (exact) mass is 173 g/mol. The number of amides is 1. The van der Waals surface area contributed by atoms with Crippen LogP contribution in [-0.4, -0.2) is 37.1 Å². The van der Waals surface area contributed by atoms with Gasteiger partial charge in [-0.05, 0) is 20.8 Å². The predicted octanol–water partition coefficient (Wildman–Crippen LogP) is 1.28. The minimum absolute atomic E-state index is 0.151. The number of nitrogens with zero attached hydrogens (tertiary/aromatic N) is 1. The molecule has 0 rings (SSSR count). The zero-order valence-electron chi connectivity index (χ0n) is 8.46. The average Bonchev–Trinajstić information content (AvgIpc) is 2.02. The van der Waals surface area contributed by atoms with Crippen molar-refractivity contribution in [1.29, 1.82) is 0 Å². The second-order valence-electron chi connectivity index (χ2n) is 3.08. The quantitative estimate of drug-likeness (QED) is 0.626. The maximum atomic E-state index is 11.2. The van der Waals surface area contributed by atoms with Crippen molar-refractivity contribution < 1.29 is 9.53 Å². The number of hydrogen-bond donors (Lipinski definition) is 0. The van der Waals surface area contributed by atoms with E-state index in [0.29, 0.717) is 13.0 Å². The van der Waals surface area contributed by atoms with Crippen LogP contribution >= 0.6 is 0 Å². The van der Waals surface area contributed by atoms with Crippen LogP contribution in [0.15, 0.2) is 0 Å². The highest BCUT2D eigenvalue weighted by Crippen LogP contribution is 1.94. The maximum Gasteiger partial charge on any atom is 0.224 e. The van der Waals surface area contributed by atoms with E-state index >= 15 is 0 Å². The van der Waals surface area contributed by atoms with Gasteiger partial charge in [0.25, 0.3) is 0 Å². The van der Waals surface area contributed by atoms with Crippen molar-refractivity contribution in [3.8, 4) is 0 Å². The van der Waals surface area contributed by atoms with E-state index in [4.69, 9.17) is 4.74 Å². The summed E-state index contributed by atoms with van der Waals surface area (Å²) in [6, 6.07) is 0. The van der Waals surface area contributed by atoms with Crippen molar-refractivity contribution in [2.75, 3.05) is 20.2 Å². The highest BCUT2D eigenvalue weighted by atomic mass is 16.5. The van der Waals surface area contributed by atoms with Gasteiger partial charge in [-0.15, -0.1) is 0 Å². The summed E-state index contributed by atoms with van der Waals surface area (Å²) in [5.41, 5.74) is 0. The zero-order valence-corrected chi connectivity index (χ0v) is 8.46. The van der Waals surface area contributed by atoms with Crippen molar-refractivity contribution in [3.05, 3.63) is 0 Å². The summed E-state index contributed by atoms with van der Waals surface area (Å²) in [6.45, 7) is 7.19. The SMILES string of the molecule is CCN(C)C(=O)CCOC(C)C. The first-order chi connectivity index (χ1) is 5.57. The first-order valence-electron chi connectivity index (χ1n) is 4.43. The lowest BCUT2D eigenvalue weighted by Crippen LogP contribution is -2.27. The minimum atomic E-state index is 0.151. The molecule has 0 bridgehead atoms. The Kier molecular flexibility index (Phi) is 5.72. The Balaban J connectivity index is 3.44. The van der Waals surface area contributed by atoms with Gasteiger partial charge in [-0.1, -0.05) is 0 Å². The van der Waals surface area contributed by atoms with E-state index in [1.54, 1.807) is 11.9 Å². The third-order valence-electron chi connectivity index (χ3n) is 1.67. The van der Waals surface area contributed by atoms with Gasteiger partial charge in [0.2, 0.25) is 5.91 Å². The number of rotatable bonds is 5. The van der Waals surface area contributed by atoms with Gasteiger partial charge in [0.05, 0.1) is 19.1 Å². The first-order valence-corrected chi connectivity index (χ1v) is 4.43. The Hall–Kier alpha value is -0.570. The molecule has 0 aliphatic rings. The molecule has 0 aliphatic carbocycles. The largest absolute Gasteiger partial charge is 0.378 e. The minimum Gasteiger partial charge on any atom is -0.378 e. The Labute approximate surface area is 74.7 Å². The molecule has 3 nitrogen and oxygen atoms in total. The Morgan fingerprint density at radius 2 is 2.08 bits per heavy atom. The van der Waals surface area contributed by atoms with E-state index in [2.05, 4.69) is 0 Å². The molecular weight excluding hydrogens is 154 g/mol. The molecule has 0 radical (unpaired) electrons. The van der Waals surface area contributed by atoms with Gasteiger partial charge in [0.1, 0.15) is 0 Å². The molecule has 0 saturated carbocycles. The lowest BCUT2D eigenvalue weighted by molar-refractivity contribution is -0.131. The Morgan fingerprint density at radius 3 is 2.50 bits per heavy atom. The van der Waals surface area contributed by atoms with Gasteiger partial charge in [0, 0.05) is 13.6 Å². The molecule has 0 aromatic heterocycles. The first kappa shape index (κ1) is 11.4. The molecule has 0 saturated heterocycles. The summed E-state index contributed by atoms with van der Waals surface area (Å²) in [7, 11) is 1.80. The van der Waals surface area contributed by atoms with Crippen molar-refractivity contribution in [2.24, 2.45) is 0 Å². The summed E-state index contributed by atoms with van der Waals surface area (Å²) in [5.74, 6) is 0.151. The topological polar surface area (TPSA) is 29.5 Å². The molecule has 0 atom stereocenters. The van der Waals surface area contributed by atoms with Gasteiger partial charge in [-0.3, -0.25) is 4.79 Å². The maximum absolute atomic E-state index is 11.2. The van der Waals surface area contributed by atoms with Crippen LogP contribution in [0.25, 0.3) is 0 Å². The molecule has 0 N–H and O–H groups in total. The summed E-state index contributed by atoms with van der Waals surface area (Å²) in [6.07, 6.45) is 0.701. The van der Waals surface area contributed by atoms with E-state index < -0.39 is 0 Å². The Morgan fingerprint density at radius 1 is 1.50 bits per heavy atom. The van der Waals surface area contributed by atoms with E-state index in [-0.39, 0.29) is 12.0 Å². The van der Waals surface area contributed by atoms with E-state index in [1.165, 1.54) is 0 Å². The highest BCUT2D eigenvalue weighted by molar-refractivity contribution is 5.75. The van der Waals surface area contributed by atoms with Crippen molar-refractivity contribution in [2.45, 2.75) is 33.3 Å². The lowest BCUT2D eigenvalue weighted by Gasteiger charge is -2.14. The van der Waals surface area contributed by atoms with E-state index in [1.807, 2.05) is 20.8 Å². The second-order valence-corrected chi connectivity index (χ2v) is 3.08. The van der Waals surface area contributed by atoms with Crippen LogP contribution in [0.4, 0.5) is 0 Å². The number of carbonyl (C=O) groups is 1. The average molecular weight is 173 g/mol. The lowest BCUT2D eigenvalue weighted by atomic mass is 10.4. The molecule has 0 unspecified atom stereocenters. The summed E-state index contributed by atoms with van der Waals surface area (Å²) in [5, 5.41) is 0. The van der Waals surface area contributed by atoms with Gasteiger partial charge < -0.3 is 9.64 Å². The molecule has 12 heavy (non-hydrogen) atoms. The van der Waals surface area contributed by atoms with E-state index in [0.717, 1.165) is 6.54 Å². The predicted molar refractivity (Wildman–Crippen MR) is 49.0 cm³/mol. The normalized spacial score (nSPS) is 10.4. The summed E-state index contributed by atoms with van der Waals surface area (Å²) < 4.78 is 5.26. The van der Waals surface area contributed by atoms with Crippen LogP contribution < -0.4 is 0 Å². The van der Waals surface area contributed by atoms with Gasteiger partial charge in [0.15, 0.2) is 0 Å². The molecule has 0 aromatic rings. The Bertz CT molecular complexity index is 134. The van der Waals surface area contributed by atoms with E-state index in [9.17, 15) is 4.79 Å². The summed E-state index contributed by atoms with van der Waals surface area (Å²) in [4.78, 5) is 12.9. The van der Waals surface area contributed by atoms with Gasteiger partial charge >= 0.3 is 0 Å². The molecule has 3 heteroatoms. The standard InChI is InChI=1S/C9H19NO2/c1-5-10(4)9(11)6-7-12-8(2)3/h8H,5-7H2,1-4H3. The van der Waals surface area contributed by atoms with Crippen molar-refractivity contribution in [3.63, 3.8) is 0 Å². The zero-order chi connectivity index (χ0) is 9.56. The second kappa shape index (κ2) is 6.00. The van der Waals surface area contributed by atoms with Crippen molar-refractivity contribution in [1.82, 2.24) is 4.90 Å². The van der Waals surface area contributed by atoms with Crippen LogP contribution in [0, 0.1) is 0 Å². The van der Waals surface area contributed by atoms with Gasteiger partial charge in [-0.25, -0.2) is 0 Å². The molecule has 0 heterocycles. The number of carbonyl (C=O) groups excluding carboxylic acids is 1. The third kappa shape index (κ3) is 5.13. The molecular formula is C9H19NO2. The smallest absolute Gasteiger partial charge is 0.224 e. The third-order valence-corrected chi connectivity index (χ3v) is 1.67. The van der Waals surface area contributed by atoms with Gasteiger partial charge in [-0.2, -0.15) is 0 Å². The highest BCUT2D eigenvalue weighted by Gasteiger charge is 2.05. The fraction of sp³-hybridized carbons (Fsp3) is 0.889. The fourth-order valence-electron chi connectivity index (χ4n) is 0.749. The molecule has 0 aromatic carbocycles. The van der Waals surface area contributed by atoms with Crippen LogP contribution in [-0.2, 0) is 9.53 Å². The molecule has 72 valence electrons. The van der Waals surface area contributed by atoms with Crippen LogP contribution in [0.5, 0.6) is 0 Å².